The van der Waals surface area contributed by atoms with E-state index >= 15 is 0 Å². The second-order valence-electron chi connectivity index (χ2n) is 5.22. The van der Waals surface area contributed by atoms with Crippen molar-refractivity contribution in [1.82, 2.24) is 10.2 Å². The number of carboxylic acids is 1. The van der Waals surface area contributed by atoms with E-state index in [-0.39, 0.29) is 0 Å². The summed E-state index contributed by atoms with van der Waals surface area (Å²) in [6.07, 6.45) is 0. The molecule has 0 aliphatic carbocycles. The number of hydrogen-bond donors (Lipinski definition) is 3. The molecule has 0 rings (SSSR count). The van der Waals surface area contributed by atoms with Crippen LogP contribution in [0.2, 0.25) is 0 Å². The van der Waals surface area contributed by atoms with Crippen LogP contribution in [0.4, 0.5) is 4.79 Å². The maximum Gasteiger partial charge on any atom is 0.328 e. The Bertz CT molecular complexity index is 269. The minimum absolute atomic E-state index is 0.298. The van der Waals surface area contributed by atoms with E-state index in [9.17, 15) is 9.59 Å². The fourth-order valence-corrected chi connectivity index (χ4v) is 1.55. The lowest BCUT2D eigenvalue weighted by Gasteiger charge is -2.27. The lowest BCUT2D eigenvalue weighted by molar-refractivity contribution is -0.140. The molecule has 0 saturated heterocycles. The fourth-order valence-electron chi connectivity index (χ4n) is 1.55. The molecular weight excluding hydrogens is 236 g/mol. The first kappa shape index (κ1) is 16.7. The summed E-state index contributed by atoms with van der Waals surface area (Å²) >= 11 is 0. The summed E-state index contributed by atoms with van der Waals surface area (Å²) in [6.45, 7) is 8.45. The molecule has 0 aromatic heterocycles. The molecule has 106 valence electrons. The van der Waals surface area contributed by atoms with Crippen molar-refractivity contribution < 1.29 is 19.8 Å². The summed E-state index contributed by atoms with van der Waals surface area (Å²) in [5.74, 6) is -0.640. The molecular formula is C12H24N2O4. The largest absolute Gasteiger partial charge is 0.480 e. The first-order chi connectivity index (χ1) is 8.27. The minimum atomic E-state index is -1.25. The van der Waals surface area contributed by atoms with Gasteiger partial charge in [-0.05, 0) is 11.8 Å². The van der Waals surface area contributed by atoms with Gasteiger partial charge in [0.1, 0.15) is 0 Å². The van der Waals surface area contributed by atoms with Gasteiger partial charge in [-0.25, -0.2) is 9.59 Å². The van der Waals surface area contributed by atoms with Gasteiger partial charge in [0.2, 0.25) is 0 Å². The fraction of sp³-hybridized carbons (Fsp3) is 0.833. The smallest absolute Gasteiger partial charge is 0.328 e. The second kappa shape index (κ2) is 7.92. The van der Waals surface area contributed by atoms with E-state index in [0.29, 0.717) is 24.9 Å². The zero-order valence-electron chi connectivity index (χ0n) is 11.5. The number of carbonyl (C=O) groups is 2. The van der Waals surface area contributed by atoms with Crippen LogP contribution in [-0.2, 0) is 4.79 Å². The average Bonchev–Trinajstić information content (AvgIpc) is 2.22. The Morgan fingerprint density at radius 2 is 1.56 bits per heavy atom. The second-order valence-corrected chi connectivity index (χ2v) is 5.22. The van der Waals surface area contributed by atoms with Gasteiger partial charge in [0.05, 0.1) is 6.61 Å². The number of aliphatic hydroxyl groups excluding tert-OH is 1. The maximum absolute atomic E-state index is 11.9. The molecule has 0 aliphatic heterocycles. The normalized spacial score (nSPS) is 12.6. The quantitative estimate of drug-likeness (QED) is 0.630. The van der Waals surface area contributed by atoms with E-state index in [0.717, 1.165) is 0 Å². The number of carbonyl (C=O) groups excluding carboxylic acids is 1. The van der Waals surface area contributed by atoms with Crippen molar-refractivity contribution in [2.45, 2.75) is 33.7 Å². The van der Waals surface area contributed by atoms with Crippen LogP contribution in [0, 0.1) is 11.8 Å². The third kappa shape index (κ3) is 6.44. The van der Waals surface area contributed by atoms with Gasteiger partial charge in [-0.2, -0.15) is 0 Å². The van der Waals surface area contributed by atoms with Crippen LogP contribution >= 0.6 is 0 Å². The van der Waals surface area contributed by atoms with Crippen LogP contribution in [0.3, 0.4) is 0 Å². The summed E-state index contributed by atoms with van der Waals surface area (Å²) in [4.78, 5) is 24.3. The van der Waals surface area contributed by atoms with E-state index in [4.69, 9.17) is 10.2 Å². The van der Waals surface area contributed by atoms with Crippen LogP contribution in [0.5, 0.6) is 0 Å². The number of aliphatic hydroxyl groups is 1. The highest BCUT2D eigenvalue weighted by atomic mass is 16.4. The van der Waals surface area contributed by atoms with E-state index in [1.165, 1.54) is 0 Å². The van der Waals surface area contributed by atoms with Crippen molar-refractivity contribution in [2.24, 2.45) is 11.8 Å². The van der Waals surface area contributed by atoms with Crippen molar-refractivity contribution in [2.75, 3.05) is 19.7 Å². The van der Waals surface area contributed by atoms with Crippen LogP contribution in [0.25, 0.3) is 0 Å². The third-order valence-electron chi connectivity index (χ3n) is 2.24. The molecule has 0 saturated carbocycles. The zero-order valence-corrected chi connectivity index (χ0v) is 11.5. The zero-order chi connectivity index (χ0) is 14.3. The number of amides is 2. The Hall–Kier alpha value is -1.30. The molecule has 6 heteroatoms. The Balaban J connectivity index is 4.58. The van der Waals surface area contributed by atoms with Crippen molar-refractivity contribution in [3.05, 3.63) is 0 Å². The van der Waals surface area contributed by atoms with Gasteiger partial charge < -0.3 is 20.4 Å². The Morgan fingerprint density at radius 3 is 1.83 bits per heavy atom. The standard InChI is InChI=1S/C12H24N2O4/c1-8(2)5-14(6-9(3)4)12(18)13-10(7-15)11(16)17/h8-10,15H,5-7H2,1-4H3,(H,13,18)(H,16,17)/t10-/m1/s1. The molecule has 0 aromatic carbocycles. The number of nitrogens with zero attached hydrogens (tertiary/aromatic N) is 1. The molecule has 0 radical (unpaired) electrons. The van der Waals surface area contributed by atoms with Crippen molar-refractivity contribution >= 4 is 12.0 Å². The van der Waals surface area contributed by atoms with Crippen molar-refractivity contribution in [1.29, 1.82) is 0 Å². The van der Waals surface area contributed by atoms with E-state index in [2.05, 4.69) is 5.32 Å². The first-order valence-electron chi connectivity index (χ1n) is 6.17. The highest BCUT2D eigenvalue weighted by Gasteiger charge is 2.23. The lowest BCUT2D eigenvalue weighted by atomic mass is 10.1. The molecule has 0 heterocycles. The number of hydrogen-bond acceptors (Lipinski definition) is 3. The third-order valence-corrected chi connectivity index (χ3v) is 2.24. The lowest BCUT2D eigenvalue weighted by Crippen LogP contribution is -2.51. The number of rotatable bonds is 7. The predicted molar refractivity (Wildman–Crippen MR) is 68.3 cm³/mol. The SMILES string of the molecule is CC(C)CN(CC(C)C)C(=O)N[C@H](CO)C(=O)O. The van der Waals surface area contributed by atoms with Crippen molar-refractivity contribution in [3.8, 4) is 0 Å². The van der Waals surface area contributed by atoms with Crippen LogP contribution in [0.15, 0.2) is 0 Å². The van der Waals surface area contributed by atoms with Crippen LogP contribution < -0.4 is 5.32 Å². The molecule has 0 aliphatic rings. The summed E-state index contributed by atoms with van der Waals surface area (Å²) in [5.41, 5.74) is 0. The van der Waals surface area contributed by atoms with E-state index in [1.54, 1.807) is 4.90 Å². The Kier molecular flexibility index (Phi) is 7.35. The number of aliphatic carboxylic acids is 1. The van der Waals surface area contributed by atoms with Gasteiger partial charge in [0, 0.05) is 13.1 Å². The predicted octanol–water partition coefficient (Wildman–Crippen LogP) is 0.755. The summed E-state index contributed by atoms with van der Waals surface area (Å²) < 4.78 is 0. The van der Waals surface area contributed by atoms with E-state index in [1.807, 2.05) is 27.7 Å². The van der Waals surface area contributed by atoms with Gasteiger partial charge >= 0.3 is 12.0 Å². The minimum Gasteiger partial charge on any atom is -0.480 e. The number of urea groups is 1. The Morgan fingerprint density at radius 1 is 1.11 bits per heavy atom. The average molecular weight is 260 g/mol. The van der Waals surface area contributed by atoms with E-state index < -0.39 is 24.6 Å². The van der Waals surface area contributed by atoms with Gasteiger partial charge in [0.25, 0.3) is 0 Å². The molecule has 0 spiro atoms. The maximum atomic E-state index is 11.9. The molecule has 3 N–H and O–H groups in total. The summed E-state index contributed by atoms with van der Waals surface area (Å²) in [7, 11) is 0. The van der Waals surface area contributed by atoms with Crippen LogP contribution in [0.1, 0.15) is 27.7 Å². The molecule has 0 unspecified atom stereocenters. The highest BCUT2D eigenvalue weighted by Crippen LogP contribution is 2.04. The van der Waals surface area contributed by atoms with Crippen LogP contribution in [-0.4, -0.2) is 52.9 Å². The van der Waals surface area contributed by atoms with Gasteiger partial charge in [0.15, 0.2) is 6.04 Å². The van der Waals surface area contributed by atoms with Gasteiger partial charge in [-0.3, -0.25) is 0 Å². The molecule has 0 aromatic rings. The molecule has 1 atom stereocenters. The molecule has 0 fully saturated rings. The van der Waals surface area contributed by atoms with Gasteiger partial charge in [-0.15, -0.1) is 0 Å². The molecule has 18 heavy (non-hydrogen) atoms. The Labute approximate surface area is 108 Å². The summed E-state index contributed by atoms with van der Waals surface area (Å²) in [5, 5.41) is 20.0. The monoisotopic (exact) mass is 260 g/mol. The number of carboxylic acid groups (broad SMARTS) is 1. The molecule has 6 nitrogen and oxygen atoms in total. The summed E-state index contributed by atoms with van der Waals surface area (Å²) in [6, 6.07) is -1.70. The van der Waals surface area contributed by atoms with Crippen molar-refractivity contribution in [3.63, 3.8) is 0 Å². The first-order valence-corrected chi connectivity index (χ1v) is 6.17. The topological polar surface area (TPSA) is 89.9 Å². The highest BCUT2D eigenvalue weighted by molar-refractivity contribution is 5.82. The van der Waals surface area contributed by atoms with Gasteiger partial charge in [-0.1, -0.05) is 27.7 Å². The number of nitrogens with one attached hydrogen (secondary N) is 1. The molecule has 2 amide bonds. The molecule has 0 bridgehead atoms.